The van der Waals surface area contributed by atoms with E-state index in [1.807, 2.05) is 0 Å². The van der Waals surface area contributed by atoms with Crippen LogP contribution in [0.25, 0.3) is 0 Å². The Kier molecular flexibility index (Phi) is 23.8. The standard InChI is InChI=1S/C38H72O6/c1-6-9-11-13-15-17-19-21-23-25-27-29-31-33(39)38(43,37(4,5)35(41)36(42)44-8-3)34(40)32-30-28-26-24-22-20-18-16-14-12-10-7-2/h35,41,43H,6-32H2,1-5H3/t35-/m0/s1/i1D,2D. The van der Waals surface area contributed by atoms with Gasteiger partial charge >= 0.3 is 5.97 Å². The molecular weight excluding hydrogens is 552 g/mol. The summed E-state index contributed by atoms with van der Waals surface area (Å²) in [7, 11) is 0. The molecule has 0 bridgehead atoms. The molecule has 0 heterocycles. The van der Waals surface area contributed by atoms with E-state index in [9.17, 15) is 24.6 Å². The average molecular weight is 627 g/mol. The SMILES string of the molecule is [2H]CCCCCCCCCCCCCCC(=O)C(O)(C(=O)CCCCCCCCCCCCCC[2H])C(C)(C)[C@@H](O)C(=O)OCC. The largest absolute Gasteiger partial charge is 0.464 e. The van der Waals surface area contributed by atoms with E-state index in [1.54, 1.807) is 6.92 Å². The van der Waals surface area contributed by atoms with Crippen LogP contribution in [-0.2, 0) is 19.1 Å². The molecule has 0 aromatic carbocycles. The average Bonchev–Trinajstić information content (AvgIpc) is 3.04. The number of esters is 1. The van der Waals surface area contributed by atoms with Gasteiger partial charge in [0, 0.05) is 21.0 Å². The lowest BCUT2D eigenvalue weighted by molar-refractivity contribution is -0.185. The maximum absolute atomic E-state index is 13.5. The summed E-state index contributed by atoms with van der Waals surface area (Å²) in [5.74, 6) is -2.17. The highest BCUT2D eigenvalue weighted by Crippen LogP contribution is 2.39. The molecule has 0 rings (SSSR count). The van der Waals surface area contributed by atoms with Gasteiger partial charge in [-0.3, -0.25) is 9.59 Å². The molecule has 0 amide bonds. The van der Waals surface area contributed by atoms with Gasteiger partial charge in [-0.1, -0.05) is 169 Å². The molecule has 44 heavy (non-hydrogen) atoms. The molecule has 0 unspecified atom stereocenters. The highest BCUT2D eigenvalue weighted by molar-refractivity contribution is 6.11. The van der Waals surface area contributed by atoms with Crippen LogP contribution in [0.5, 0.6) is 0 Å². The molecule has 260 valence electrons. The summed E-state index contributed by atoms with van der Waals surface area (Å²) < 4.78 is 19.4. The second-order valence-corrected chi connectivity index (χ2v) is 13.4. The van der Waals surface area contributed by atoms with Crippen molar-refractivity contribution < 1.29 is 32.1 Å². The molecular formula is C38H72O6. The first-order chi connectivity index (χ1) is 22.1. The van der Waals surface area contributed by atoms with Crippen molar-refractivity contribution >= 4 is 17.5 Å². The molecule has 2 N–H and O–H groups in total. The van der Waals surface area contributed by atoms with Crippen LogP contribution in [0.4, 0.5) is 0 Å². The second-order valence-electron chi connectivity index (χ2n) is 13.4. The van der Waals surface area contributed by atoms with E-state index in [1.165, 1.54) is 78.1 Å². The Labute approximate surface area is 274 Å². The van der Waals surface area contributed by atoms with Gasteiger partial charge in [-0.15, -0.1) is 0 Å². The van der Waals surface area contributed by atoms with Gasteiger partial charge in [0.1, 0.15) is 0 Å². The smallest absolute Gasteiger partial charge is 0.335 e. The minimum Gasteiger partial charge on any atom is -0.464 e. The van der Waals surface area contributed by atoms with Crippen molar-refractivity contribution in [1.29, 1.82) is 0 Å². The molecule has 0 aliphatic heterocycles. The van der Waals surface area contributed by atoms with Crippen LogP contribution in [0.1, 0.15) is 204 Å². The van der Waals surface area contributed by atoms with Crippen molar-refractivity contribution in [2.45, 2.75) is 213 Å². The van der Waals surface area contributed by atoms with Crippen LogP contribution in [0, 0.1) is 5.41 Å². The number of Topliss-reactive ketones (excluding diaryl/α,β-unsaturated/α-hetero) is 2. The molecule has 0 aromatic rings. The number of aliphatic hydroxyl groups is 2. The molecule has 0 saturated carbocycles. The van der Waals surface area contributed by atoms with Gasteiger partial charge in [0.25, 0.3) is 0 Å². The maximum Gasteiger partial charge on any atom is 0.335 e. The third kappa shape index (κ3) is 17.4. The fourth-order valence-corrected chi connectivity index (χ4v) is 6.06. The zero-order valence-electron chi connectivity index (χ0n) is 31.1. The second kappa shape index (κ2) is 26.9. The molecule has 0 aliphatic rings. The Bertz CT molecular complexity index is 730. The molecule has 0 spiro atoms. The molecule has 6 nitrogen and oxygen atoms in total. The Hall–Kier alpha value is -1.27. The molecule has 0 saturated heterocycles. The van der Waals surface area contributed by atoms with Gasteiger partial charge in [0.15, 0.2) is 23.3 Å². The lowest BCUT2D eigenvalue weighted by atomic mass is 9.65. The lowest BCUT2D eigenvalue weighted by Crippen LogP contribution is -2.63. The summed E-state index contributed by atoms with van der Waals surface area (Å²) in [6.45, 7) is 5.55. The first-order valence-electron chi connectivity index (χ1n) is 19.7. The van der Waals surface area contributed by atoms with Gasteiger partial charge in [-0.05, 0) is 19.8 Å². The van der Waals surface area contributed by atoms with Gasteiger partial charge in [0.2, 0.25) is 0 Å². The third-order valence-corrected chi connectivity index (χ3v) is 9.24. The number of aliphatic hydroxyl groups excluding tert-OH is 1. The first kappa shape index (κ1) is 38.9. The summed E-state index contributed by atoms with van der Waals surface area (Å²) >= 11 is 0. The van der Waals surface area contributed by atoms with E-state index in [4.69, 9.17) is 7.48 Å². The number of carbonyl (C=O) groups is 3. The minimum atomic E-state index is -2.46. The predicted molar refractivity (Wildman–Crippen MR) is 183 cm³/mol. The Morgan fingerprint density at radius 2 is 0.886 bits per heavy atom. The summed E-state index contributed by atoms with van der Waals surface area (Å²) in [5, 5.41) is 22.6. The highest BCUT2D eigenvalue weighted by atomic mass is 16.5. The Morgan fingerprint density at radius 1 is 0.591 bits per heavy atom. The van der Waals surface area contributed by atoms with Gasteiger partial charge < -0.3 is 14.9 Å². The predicted octanol–water partition coefficient (Wildman–Crippen LogP) is 9.99. The van der Waals surface area contributed by atoms with E-state index in [0.717, 1.165) is 77.0 Å². The number of carbonyl (C=O) groups excluding carboxylic acids is 3. The molecule has 0 fully saturated rings. The number of rotatable bonds is 32. The van der Waals surface area contributed by atoms with E-state index < -0.39 is 34.7 Å². The monoisotopic (exact) mass is 627 g/mol. The normalized spacial score (nSPS) is 13.4. The van der Waals surface area contributed by atoms with Crippen molar-refractivity contribution in [2.24, 2.45) is 5.41 Å². The number of ketones is 2. The molecule has 1 atom stereocenters. The fraction of sp³-hybridized carbons (Fsp3) is 0.921. The third-order valence-electron chi connectivity index (χ3n) is 9.24. The van der Waals surface area contributed by atoms with E-state index in [0.29, 0.717) is 26.6 Å². The maximum atomic E-state index is 13.5. The van der Waals surface area contributed by atoms with Crippen molar-refractivity contribution in [3.8, 4) is 0 Å². The Morgan fingerprint density at radius 3 is 1.18 bits per heavy atom. The zero-order valence-corrected chi connectivity index (χ0v) is 29.1. The van der Waals surface area contributed by atoms with Gasteiger partial charge in [-0.2, -0.15) is 0 Å². The molecule has 0 aliphatic carbocycles. The van der Waals surface area contributed by atoms with Crippen LogP contribution in [0.3, 0.4) is 0 Å². The van der Waals surface area contributed by atoms with Gasteiger partial charge in [-0.25, -0.2) is 4.79 Å². The van der Waals surface area contributed by atoms with Crippen molar-refractivity contribution in [3.63, 3.8) is 0 Å². The zero-order chi connectivity index (χ0) is 34.5. The summed E-state index contributed by atoms with van der Waals surface area (Å²) in [6, 6.07) is 0. The van der Waals surface area contributed by atoms with Crippen LogP contribution >= 0.6 is 0 Å². The summed E-state index contributed by atoms with van der Waals surface area (Å²) in [4.78, 5) is 39.5. The lowest BCUT2D eigenvalue weighted by Gasteiger charge is -2.42. The number of unbranched alkanes of at least 4 members (excludes halogenated alkanes) is 22. The van der Waals surface area contributed by atoms with Crippen molar-refractivity contribution in [2.75, 3.05) is 6.61 Å². The molecule has 0 aromatic heterocycles. The summed E-state index contributed by atoms with van der Waals surface area (Å²) in [5.41, 5.74) is -4.18. The Balaban J connectivity index is 4.70. The van der Waals surface area contributed by atoms with Crippen LogP contribution in [0.15, 0.2) is 0 Å². The number of hydrogen-bond donors (Lipinski definition) is 2. The number of hydrogen-bond acceptors (Lipinski definition) is 6. The minimum absolute atomic E-state index is 0.0315. The molecule has 0 radical (unpaired) electrons. The quantitative estimate of drug-likeness (QED) is 0.0438. The van der Waals surface area contributed by atoms with Crippen LogP contribution < -0.4 is 0 Å². The van der Waals surface area contributed by atoms with E-state index in [2.05, 4.69) is 0 Å². The fourth-order valence-electron chi connectivity index (χ4n) is 6.06. The highest BCUT2D eigenvalue weighted by Gasteiger charge is 2.59. The van der Waals surface area contributed by atoms with E-state index >= 15 is 0 Å². The van der Waals surface area contributed by atoms with Crippen molar-refractivity contribution in [3.05, 3.63) is 0 Å². The summed E-state index contributed by atoms with van der Waals surface area (Å²) in [6.07, 6.45) is 24.2. The van der Waals surface area contributed by atoms with Crippen molar-refractivity contribution in [1.82, 2.24) is 0 Å². The topological polar surface area (TPSA) is 101 Å². The van der Waals surface area contributed by atoms with Gasteiger partial charge in [0.05, 0.1) is 6.61 Å². The number of ether oxygens (including phenoxy) is 1. The van der Waals surface area contributed by atoms with Crippen LogP contribution in [0.2, 0.25) is 0 Å². The van der Waals surface area contributed by atoms with E-state index in [-0.39, 0.29) is 19.4 Å². The first-order valence-corrected chi connectivity index (χ1v) is 18.3. The van der Waals surface area contributed by atoms with Crippen LogP contribution in [-0.4, -0.2) is 46.1 Å². The molecule has 6 heteroatoms.